The monoisotopic (exact) mass is 601 g/mol. The van der Waals surface area contributed by atoms with Crippen LogP contribution in [-0.2, 0) is 38.0 Å². The molecular weight excluding hydrogens is 568 g/mol. The van der Waals surface area contributed by atoms with Crippen molar-refractivity contribution in [1.82, 2.24) is 15.1 Å². The summed E-state index contributed by atoms with van der Waals surface area (Å²) >= 11 is 5.77. The molecule has 11 heteroatoms. The number of Topliss-reactive ketones (excluding diaryl/α,β-unsaturated/α-hetero) is 1. The number of hydrogen-bond acceptors (Lipinski definition) is 6. The van der Waals surface area contributed by atoms with Gasteiger partial charge < -0.3 is 15.0 Å². The second-order valence-electron chi connectivity index (χ2n) is 10.9. The molecule has 2 atom stereocenters. The summed E-state index contributed by atoms with van der Waals surface area (Å²) in [7, 11) is 1.77. The van der Waals surface area contributed by atoms with Crippen molar-refractivity contribution in [1.29, 1.82) is 0 Å². The van der Waals surface area contributed by atoms with E-state index in [2.05, 4.69) is 11.9 Å². The Kier molecular flexibility index (Phi) is 9.47. The first-order chi connectivity index (χ1) is 19.8. The van der Waals surface area contributed by atoms with Crippen LogP contribution in [0.3, 0.4) is 0 Å². The van der Waals surface area contributed by atoms with E-state index in [0.717, 1.165) is 17.0 Å². The molecule has 2 aliphatic heterocycles. The smallest absolute Gasteiger partial charge is 0.330 e. The Bertz CT molecular complexity index is 1400. The summed E-state index contributed by atoms with van der Waals surface area (Å²) in [5.41, 5.74) is 1.22. The van der Waals surface area contributed by atoms with Crippen LogP contribution in [0.1, 0.15) is 60.2 Å². The molecule has 0 aromatic heterocycles. The van der Waals surface area contributed by atoms with Crippen LogP contribution in [0, 0.1) is 5.92 Å². The number of fused-ring (bicyclic) bond motifs is 1. The number of hydrogen-bond donors (Lipinski definition) is 1. The first-order valence-electron chi connectivity index (χ1n) is 13.8. The normalized spacial score (nSPS) is 18.0. The Hall–Kier alpha value is -3.63. The van der Waals surface area contributed by atoms with Crippen LogP contribution in [-0.4, -0.2) is 59.2 Å². The molecule has 1 N–H and O–H groups in total. The number of carbonyl (C=O) groups excluding carboxylic acids is 4. The molecule has 0 spiro atoms. The van der Waals surface area contributed by atoms with E-state index in [1.807, 2.05) is 13.8 Å². The Morgan fingerprint density at radius 3 is 2.50 bits per heavy atom. The number of piperidine rings is 1. The molecule has 224 valence electrons. The van der Waals surface area contributed by atoms with Crippen LogP contribution in [0.2, 0.25) is 5.02 Å². The number of imide groups is 1. The van der Waals surface area contributed by atoms with Crippen molar-refractivity contribution >= 4 is 35.1 Å². The highest BCUT2D eigenvalue weighted by Gasteiger charge is 2.43. The third-order valence-corrected chi connectivity index (χ3v) is 8.01. The zero-order chi connectivity index (χ0) is 30.8. The van der Waals surface area contributed by atoms with Gasteiger partial charge in [-0.25, -0.2) is 4.90 Å². The Morgan fingerprint density at radius 2 is 1.86 bits per heavy atom. The third kappa shape index (κ3) is 6.39. The minimum atomic E-state index is -3.66. The van der Waals surface area contributed by atoms with Gasteiger partial charge in [-0.2, -0.15) is 8.78 Å². The lowest BCUT2D eigenvalue weighted by atomic mass is 9.97. The van der Waals surface area contributed by atoms with E-state index >= 15 is 0 Å². The number of nitrogens with one attached hydrogen (secondary N) is 1. The molecule has 1 saturated heterocycles. The molecule has 0 saturated carbocycles. The number of likely N-dealkylation sites (N-methyl/N-ethyl adjacent to an activating group) is 1. The van der Waals surface area contributed by atoms with E-state index in [0.29, 0.717) is 27.5 Å². The number of amides is 3. The van der Waals surface area contributed by atoms with Gasteiger partial charge in [-0.1, -0.05) is 56.3 Å². The minimum absolute atomic E-state index is 0.0549. The van der Waals surface area contributed by atoms with E-state index < -0.39 is 35.6 Å². The molecule has 2 aromatic rings. The molecule has 3 amide bonds. The lowest BCUT2D eigenvalue weighted by Crippen LogP contribution is -2.55. The van der Waals surface area contributed by atoms with Gasteiger partial charge in [-0.3, -0.25) is 19.2 Å². The molecular formula is C31H34ClF2N3O5. The van der Waals surface area contributed by atoms with E-state index in [9.17, 15) is 28.0 Å². The summed E-state index contributed by atoms with van der Waals surface area (Å²) in [6, 6.07) is 8.77. The van der Waals surface area contributed by atoms with Gasteiger partial charge in [0.25, 0.3) is 11.8 Å². The number of alkyl halides is 2. The van der Waals surface area contributed by atoms with Crippen LogP contribution in [0.15, 0.2) is 54.8 Å². The van der Waals surface area contributed by atoms with Gasteiger partial charge in [0, 0.05) is 35.5 Å². The molecule has 1 unspecified atom stereocenters. The van der Waals surface area contributed by atoms with Gasteiger partial charge in [-0.05, 0) is 55.1 Å². The van der Waals surface area contributed by atoms with Gasteiger partial charge in [-0.15, -0.1) is 0 Å². The van der Waals surface area contributed by atoms with Gasteiger partial charge >= 0.3 is 5.92 Å². The zero-order valence-corrected chi connectivity index (χ0v) is 24.5. The summed E-state index contributed by atoms with van der Waals surface area (Å²) in [5, 5.41) is 3.38. The van der Waals surface area contributed by atoms with Crippen LogP contribution in [0.25, 0.3) is 0 Å². The summed E-state index contributed by atoms with van der Waals surface area (Å²) in [6.45, 7) is 7.71. The van der Waals surface area contributed by atoms with E-state index in [1.165, 1.54) is 17.0 Å². The van der Waals surface area contributed by atoms with Crippen LogP contribution >= 0.6 is 11.6 Å². The molecule has 0 aliphatic carbocycles. The number of carbonyl (C=O) groups is 4. The first kappa shape index (κ1) is 31.3. The summed E-state index contributed by atoms with van der Waals surface area (Å²) < 4.78 is 35.1. The molecule has 42 heavy (non-hydrogen) atoms. The number of benzene rings is 2. The number of ether oxygens (including phenoxy) is 1. The maximum absolute atomic E-state index is 14.7. The first-order valence-corrected chi connectivity index (χ1v) is 14.2. The number of nitrogens with zero attached hydrogens (tertiary/aromatic N) is 2. The highest BCUT2D eigenvalue weighted by molar-refractivity contribution is 6.30. The summed E-state index contributed by atoms with van der Waals surface area (Å²) in [6.07, 6.45) is -0.0948. The molecule has 2 aromatic carbocycles. The van der Waals surface area contributed by atoms with Crippen molar-refractivity contribution in [3.63, 3.8) is 0 Å². The maximum Gasteiger partial charge on any atom is 0.330 e. The molecule has 0 radical (unpaired) electrons. The second kappa shape index (κ2) is 12.7. The molecule has 8 nitrogen and oxygen atoms in total. The topological polar surface area (TPSA) is 96.0 Å². The lowest BCUT2D eigenvalue weighted by molar-refractivity contribution is -0.157. The number of aryl methyl sites for hydroxylation is 1. The van der Waals surface area contributed by atoms with Crippen LogP contribution in [0.5, 0.6) is 0 Å². The third-order valence-electron chi connectivity index (χ3n) is 7.76. The fourth-order valence-electron chi connectivity index (χ4n) is 5.39. The summed E-state index contributed by atoms with van der Waals surface area (Å²) in [5.74, 6) is -5.57. The van der Waals surface area contributed by atoms with Crippen molar-refractivity contribution in [3.8, 4) is 0 Å². The quantitative estimate of drug-likeness (QED) is 0.276. The molecule has 2 heterocycles. The Morgan fingerprint density at radius 1 is 1.17 bits per heavy atom. The minimum Gasteiger partial charge on any atom is -0.476 e. The van der Waals surface area contributed by atoms with Gasteiger partial charge in [0.1, 0.15) is 11.8 Å². The average molecular weight is 602 g/mol. The van der Waals surface area contributed by atoms with Crippen molar-refractivity contribution in [3.05, 3.63) is 82.1 Å². The fourth-order valence-corrected chi connectivity index (χ4v) is 5.51. The van der Waals surface area contributed by atoms with Crippen molar-refractivity contribution in [2.45, 2.75) is 64.1 Å². The largest absolute Gasteiger partial charge is 0.476 e. The number of likely N-dealkylation sites (tertiary alicyclic amines) is 1. The number of halogens is 3. The van der Waals surface area contributed by atoms with E-state index in [1.54, 1.807) is 25.2 Å². The number of ketones is 1. The average Bonchev–Trinajstić information content (AvgIpc) is 3.27. The highest BCUT2D eigenvalue weighted by Crippen LogP contribution is 2.33. The SMILES string of the molecule is C=C(OCN1C(=O)CCC(N2Cc3cc(CCC(=O)C(F)(F)c4ccc(Cl)cc4)ccc3C2=O)C1=O)[C@@H](NC)C(C)C. The predicted molar refractivity (Wildman–Crippen MR) is 153 cm³/mol. The van der Waals surface area contributed by atoms with Crippen molar-refractivity contribution in [2.75, 3.05) is 13.8 Å². The fraction of sp³-hybridized carbons (Fsp3) is 0.419. The van der Waals surface area contributed by atoms with Crippen molar-refractivity contribution < 1.29 is 32.7 Å². The standard InChI is InChI=1S/C31H34ClF2N3O5/c1-18(2)28(35-4)19(3)42-17-37-27(39)14-12-25(30(37)41)36-16-21-15-20(5-11-24(21)29(36)40)6-13-26(38)31(33,34)22-7-9-23(32)10-8-22/h5,7-11,15,18,25,28,35H,3,6,12-14,16-17H2,1-2,4H3/t25?,28-/m0/s1. The van der Waals surface area contributed by atoms with Crippen LogP contribution in [0.4, 0.5) is 8.78 Å². The second-order valence-corrected chi connectivity index (χ2v) is 11.3. The summed E-state index contributed by atoms with van der Waals surface area (Å²) in [4.78, 5) is 54.0. The molecule has 1 fully saturated rings. The van der Waals surface area contributed by atoms with E-state index in [4.69, 9.17) is 16.3 Å². The number of rotatable bonds is 12. The van der Waals surface area contributed by atoms with Crippen molar-refractivity contribution in [2.24, 2.45) is 5.92 Å². The maximum atomic E-state index is 14.7. The highest BCUT2D eigenvalue weighted by atomic mass is 35.5. The molecule has 0 bridgehead atoms. The van der Waals surface area contributed by atoms with Crippen LogP contribution < -0.4 is 5.32 Å². The zero-order valence-electron chi connectivity index (χ0n) is 23.8. The van der Waals surface area contributed by atoms with Gasteiger partial charge in [0.05, 0.1) is 6.04 Å². The predicted octanol–water partition coefficient (Wildman–Crippen LogP) is 4.84. The molecule has 2 aliphatic rings. The van der Waals surface area contributed by atoms with Gasteiger partial charge in [0.15, 0.2) is 6.73 Å². The van der Waals surface area contributed by atoms with Gasteiger partial charge in [0.2, 0.25) is 11.7 Å². The lowest BCUT2D eigenvalue weighted by Gasteiger charge is -2.35. The molecule has 4 rings (SSSR count). The van der Waals surface area contributed by atoms with E-state index in [-0.39, 0.29) is 56.3 Å². The Balaban J connectivity index is 1.40. The Labute approximate surface area is 248 Å².